The number of aryl methyl sites for hydroxylation is 1. The molecule has 1 heterocycles. The summed E-state index contributed by atoms with van der Waals surface area (Å²) in [5.41, 5.74) is 5.93. The fourth-order valence-corrected chi connectivity index (χ4v) is 1.19. The molecule has 0 saturated carbocycles. The molecule has 0 fully saturated rings. The van der Waals surface area contributed by atoms with E-state index in [2.05, 4.69) is 10.2 Å². The van der Waals surface area contributed by atoms with Crippen LogP contribution in [0, 0.1) is 12.8 Å². The van der Waals surface area contributed by atoms with Crippen LogP contribution in [0.1, 0.15) is 12.6 Å². The van der Waals surface area contributed by atoms with Crippen LogP contribution in [0.2, 0.25) is 0 Å². The van der Waals surface area contributed by atoms with Crippen LogP contribution in [0.25, 0.3) is 0 Å². The second-order valence-corrected chi connectivity index (χ2v) is 3.60. The number of hydrogen-bond acceptors (Lipinski definition) is 3. The molecule has 0 bridgehead atoms. The number of amides is 2. The van der Waals surface area contributed by atoms with Crippen molar-refractivity contribution in [3.63, 3.8) is 0 Å². The topological polar surface area (TPSA) is 112 Å². The molecule has 1 unspecified atom stereocenters. The lowest BCUT2D eigenvalue weighted by Gasteiger charge is -2.19. The van der Waals surface area contributed by atoms with Gasteiger partial charge in [-0.25, -0.2) is 4.79 Å². The monoisotopic (exact) mass is 226 g/mol. The van der Waals surface area contributed by atoms with Gasteiger partial charge in [0.25, 0.3) is 0 Å². The van der Waals surface area contributed by atoms with Gasteiger partial charge in [0, 0.05) is 18.3 Å². The number of nitrogens with one attached hydrogen (secondary N) is 1. The third kappa shape index (κ3) is 2.72. The molecule has 7 nitrogen and oxygen atoms in total. The van der Waals surface area contributed by atoms with E-state index in [1.54, 1.807) is 13.0 Å². The lowest BCUT2D eigenvalue weighted by Crippen LogP contribution is -2.40. The Morgan fingerprint density at radius 2 is 2.31 bits per heavy atom. The van der Waals surface area contributed by atoms with Crippen molar-refractivity contribution in [1.29, 1.82) is 0 Å². The van der Waals surface area contributed by atoms with Crippen LogP contribution in [0.4, 0.5) is 10.6 Å². The summed E-state index contributed by atoms with van der Waals surface area (Å²) < 4.78 is 0. The molecule has 7 heteroatoms. The van der Waals surface area contributed by atoms with Gasteiger partial charge in [-0.1, -0.05) is 6.92 Å². The third-order valence-electron chi connectivity index (χ3n) is 2.11. The molecule has 16 heavy (non-hydrogen) atoms. The summed E-state index contributed by atoms with van der Waals surface area (Å²) in [5.74, 6) is -1.36. The molecule has 2 amide bonds. The number of carbonyl (C=O) groups excluding carboxylic acids is 1. The lowest BCUT2D eigenvalue weighted by atomic mass is 10.2. The molecule has 0 radical (unpaired) electrons. The highest BCUT2D eigenvalue weighted by atomic mass is 16.4. The molecule has 4 N–H and O–H groups in total. The first kappa shape index (κ1) is 12.0. The Kier molecular flexibility index (Phi) is 3.49. The van der Waals surface area contributed by atoms with Crippen molar-refractivity contribution >= 4 is 17.8 Å². The molecule has 88 valence electrons. The van der Waals surface area contributed by atoms with E-state index in [0.717, 1.165) is 10.6 Å². The van der Waals surface area contributed by atoms with Gasteiger partial charge in [-0.05, 0) is 6.92 Å². The summed E-state index contributed by atoms with van der Waals surface area (Å²) in [6.07, 6.45) is 0. The Balaban J connectivity index is 2.84. The minimum absolute atomic E-state index is 0.00500. The number of anilines is 1. The predicted molar refractivity (Wildman–Crippen MR) is 57.1 cm³/mol. The Labute approximate surface area is 92.2 Å². The molecule has 0 aromatic carbocycles. The van der Waals surface area contributed by atoms with Crippen LogP contribution in [-0.2, 0) is 4.79 Å². The van der Waals surface area contributed by atoms with Crippen LogP contribution in [0.3, 0.4) is 0 Å². The SMILES string of the molecule is Cc1cc(N(CC(C)C(=O)O)C(N)=O)n[nH]1. The van der Waals surface area contributed by atoms with E-state index >= 15 is 0 Å². The highest BCUT2D eigenvalue weighted by Gasteiger charge is 2.21. The maximum Gasteiger partial charge on any atom is 0.320 e. The summed E-state index contributed by atoms with van der Waals surface area (Å²) in [5, 5.41) is 15.3. The molecule has 0 aliphatic carbocycles. The zero-order valence-corrected chi connectivity index (χ0v) is 9.10. The van der Waals surface area contributed by atoms with E-state index in [-0.39, 0.29) is 6.54 Å². The average molecular weight is 226 g/mol. The maximum absolute atomic E-state index is 11.2. The van der Waals surface area contributed by atoms with Gasteiger partial charge in [-0.2, -0.15) is 5.10 Å². The zero-order chi connectivity index (χ0) is 12.3. The number of urea groups is 1. The number of aliphatic carboxylic acids is 1. The van der Waals surface area contributed by atoms with Gasteiger partial charge < -0.3 is 10.8 Å². The van der Waals surface area contributed by atoms with Gasteiger partial charge in [-0.3, -0.25) is 14.8 Å². The van der Waals surface area contributed by atoms with Crippen molar-refractivity contribution in [2.24, 2.45) is 11.7 Å². The first-order valence-electron chi connectivity index (χ1n) is 4.73. The number of carboxylic acid groups (broad SMARTS) is 1. The average Bonchev–Trinajstić information content (AvgIpc) is 2.59. The Morgan fingerprint density at radius 1 is 1.69 bits per heavy atom. The molecule has 0 aliphatic heterocycles. The molecular formula is C9H14N4O3. The van der Waals surface area contributed by atoms with E-state index in [0.29, 0.717) is 5.82 Å². The van der Waals surface area contributed by atoms with Gasteiger partial charge in [0.1, 0.15) is 0 Å². The summed E-state index contributed by atoms with van der Waals surface area (Å²) >= 11 is 0. The molecular weight excluding hydrogens is 212 g/mol. The van der Waals surface area contributed by atoms with Crippen LogP contribution in [0.5, 0.6) is 0 Å². The first-order chi connectivity index (χ1) is 7.41. The first-order valence-corrected chi connectivity index (χ1v) is 4.73. The Morgan fingerprint density at radius 3 is 2.69 bits per heavy atom. The van der Waals surface area contributed by atoms with Crippen molar-refractivity contribution in [1.82, 2.24) is 10.2 Å². The summed E-state index contributed by atoms with van der Waals surface area (Å²) in [7, 11) is 0. The maximum atomic E-state index is 11.2. The van der Waals surface area contributed by atoms with Crippen molar-refractivity contribution in [3.8, 4) is 0 Å². The standard InChI is InChI=1S/C9H14N4O3/c1-5(8(14)15)4-13(9(10)16)7-3-6(2)11-12-7/h3,5H,4H2,1-2H3,(H2,10,16)(H,11,12)(H,14,15). The van der Waals surface area contributed by atoms with Crippen LogP contribution >= 0.6 is 0 Å². The van der Waals surface area contributed by atoms with Crippen molar-refractivity contribution < 1.29 is 14.7 Å². The minimum atomic E-state index is -0.987. The number of hydrogen-bond donors (Lipinski definition) is 3. The number of nitrogens with two attached hydrogens (primary N) is 1. The number of H-pyrrole nitrogens is 1. The Hall–Kier alpha value is -2.05. The molecule has 1 aromatic rings. The second-order valence-electron chi connectivity index (χ2n) is 3.60. The number of nitrogens with zero attached hydrogens (tertiary/aromatic N) is 2. The van der Waals surface area contributed by atoms with E-state index in [9.17, 15) is 9.59 Å². The number of carbonyl (C=O) groups is 2. The lowest BCUT2D eigenvalue weighted by molar-refractivity contribution is -0.140. The number of aromatic amines is 1. The van der Waals surface area contributed by atoms with E-state index in [4.69, 9.17) is 10.8 Å². The van der Waals surface area contributed by atoms with Gasteiger partial charge in [-0.15, -0.1) is 0 Å². The van der Waals surface area contributed by atoms with Crippen molar-refractivity contribution in [3.05, 3.63) is 11.8 Å². The van der Waals surface area contributed by atoms with E-state index in [1.165, 1.54) is 6.92 Å². The molecule has 1 rings (SSSR count). The van der Waals surface area contributed by atoms with Crippen molar-refractivity contribution in [2.45, 2.75) is 13.8 Å². The number of aromatic nitrogens is 2. The smallest absolute Gasteiger partial charge is 0.320 e. The molecule has 0 spiro atoms. The fourth-order valence-electron chi connectivity index (χ4n) is 1.19. The highest BCUT2D eigenvalue weighted by molar-refractivity contribution is 5.90. The van der Waals surface area contributed by atoms with Gasteiger partial charge >= 0.3 is 12.0 Å². The molecule has 1 atom stereocenters. The third-order valence-corrected chi connectivity index (χ3v) is 2.11. The number of carboxylic acids is 1. The molecule has 1 aromatic heterocycles. The van der Waals surface area contributed by atoms with Crippen LogP contribution in [-0.4, -0.2) is 33.8 Å². The van der Waals surface area contributed by atoms with Gasteiger partial charge in [0.05, 0.1) is 5.92 Å². The molecule has 0 aliphatic rings. The van der Waals surface area contributed by atoms with Crippen molar-refractivity contribution in [2.75, 3.05) is 11.4 Å². The quantitative estimate of drug-likeness (QED) is 0.686. The van der Waals surface area contributed by atoms with Crippen LogP contribution < -0.4 is 10.6 Å². The zero-order valence-electron chi connectivity index (χ0n) is 9.10. The van der Waals surface area contributed by atoms with E-state index in [1.807, 2.05) is 0 Å². The number of rotatable bonds is 4. The predicted octanol–water partition coefficient (Wildman–Crippen LogP) is 0.324. The summed E-state index contributed by atoms with van der Waals surface area (Å²) in [4.78, 5) is 23.0. The Bertz CT molecular complexity index is 401. The minimum Gasteiger partial charge on any atom is -0.481 e. The molecule has 0 saturated heterocycles. The van der Waals surface area contributed by atoms with E-state index < -0.39 is 17.9 Å². The summed E-state index contributed by atoms with van der Waals surface area (Å²) in [6.45, 7) is 3.27. The largest absolute Gasteiger partial charge is 0.481 e. The van der Waals surface area contributed by atoms with Gasteiger partial charge in [0.2, 0.25) is 0 Å². The second kappa shape index (κ2) is 4.65. The normalized spacial score (nSPS) is 12.1. The number of primary amides is 1. The highest BCUT2D eigenvalue weighted by Crippen LogP contribution is 2.13. The fraction of sp³-hybridized carbons (Fsp3) is 0.444. The van der Waals surface area contributed by atoms with Crippen LogP contribution in [0.15, 0.2) is 6.07 Å². The summed E-state index contributed by atoms with van der Waals surface area (Å²) in [6, 6.07) is 0.902. The van der Waals surface area contributed by atoms with Gasteiger partial charge in [0.15, 0.2) is 5.82 Å².